The van der Waals surface area contributed by atoms with Crippen molar-refractivity contribution in [1.29, 1.82) is 0 Å². The third-order valence-corrected chi connectivity index (χ3v) is 3.82. The number of anilines is 1. The number of hydrogen-bond donors (Lipinski definition) is 3. The minimum atomic E-state index is -0.445. The van der Waals surface area contributed by atoms with E-state index in [0.717, 1.165) is 12.2 Å². The van der Waals surface area contributed by atoms with E-state index >= 15 is 0 Å². The second-order valence-electron chi connectivity index (χ2n) is 5.31. The number of nitrogens with one attached hydrogen (secondary N) is 3. The monoisotopic (exact) mass is 337 g/mol. The van der Waals surface area contributed by atoms with Gasteiger partial charge in [-0.2, -0.15) is 0 Å². The normalized spacial score (nSPS) is 17.2. The smallest absolute Gasteiger partial charge is 0.334 e. The summed E-state index contributed by atoms with van der Waals surface area (Å²) in [6, 6.07) is 4.90. The molecule has 1 aromatic rings. The Morgan fingerprint density at radius 2 is 2.18 bits per heavy atom. The summed E-state index contributed by atoms with van der Waals surface area (Å²) in [4.78, 5) is 12.6. The molecule has 0 aromatic heterocycles. The van der Waals surface area contributed by atoms with Gasteiger partial charge in [-0.3, -0.25) is 0 Å². The highest BCUT2D eigenvalue weighted by Gasteiger charge is 2.30. The molecular formula is C15H19N3O2S2. The van der Waals surface area contributed by atoms with Gasteiger partial charge in [-0.15, -0.1) is 0 Å². The zero-order chi connectivity index (χ0) is 16.3. The van der Waals surface area contributed by atoms with Gasteiger partial charge in [-0.1, -0.05) is 26.1 Å². The topological polar surface area (TPSA) is 62.4 Å². The molecule has 1 aliphatic rings. The molecule has 2 rings (SSSR count). The molecule has 1 aromatic carbocycles. The maximum atomic E-state index is 12.1. The number of benzene rings is 1. The summed E-state index contributed by atoms with van der Waals surface area (Å²) in [6.45, 7) is 6.60. The summed E-state index contributed by atoms with van der Waals surface area (Å²) in [7, 11) is 0. The summed E-state index contributed by atoms with van der Waals surface area (Å²) in [6.07, 6.45) is 0. The predicted octanol–water partition coefficient (Wildman–Crippen LogP) is 2.20. The largest absolute Gasteiger partial charge is 0.424 e. The van der Waals surface area contributed by atoms with Gasteiger partial charge in [-0.25, -0.2) is 4.79 Å². The highest BCUT2D eigenvalue weighted by molar-refractivity contribution is 7.80. The van der Waals surface area contributed by atoms with Gasteiger partial charge < -0.3 is 20.7 Å². The van der Waals surface area contributed by atoms with Crippen LogP contribution in [0.5, 0.6) is 5.75 Å². The van der Waals surface area contributed by atoms with Gasteiger partial charge in [0.2, 0.25) is 0 Å². The average Bonchev–Trinajstić information content (AvgIpc) is 2.57. The minimum Gasteiger partial charge on any atom is -0.424 e. The van der Waals surface area contributed by atoms with E-state index in [1.807, 2.05) is 26.8 Å². The number of fused-ring (bicyclic) bond motifs is 1. The lowest BCUT2D eigenvalue weighted by Crippen LogP contribution is -2.43. The Balaban J connectivity index is 2.27. The van der Waals surface area contributed by atoms with Crippen molar-refractivity contribution in [2.75, 3.05) is 11.9 Å². The van der Waals surface area contributed by atoms with Crippen molar-refractivity contribution in [2.45, 2.75) is 26.8 Å². The van der Waals surface area contributed by atoms with Crippen molar-refractivity contribution in [1.82, 2.24) is 10.6 Å². The van der Waals surface area contributed by atoms with Crippen LogP contribution in [0.2, 0.25) is 0 Å². The molecule has 3 N–H and O–H groups in total. The van der Waals surface area contributed by atoms with Gasteiger partial charge in [0.05, 0.1) is 5.56 Å². The quantitative estimate of drug-likeness (QED) is 0.444. The SMILES string of the molecule is CCNC(=S)Nc1ccc2c(c1)C(=S)N[C@@H](C(C)C)C(=O)O2. The third-order valence-electron chi connectivity index (χ3n) is 3.24. The zero-order valence-electron chi connectivity index (χ0n) is 12.7. The van der Waals surface area contributed by atoms with Gasteiger partial charge in [0.25, 0.3) is 0 Å². The van der Waals surface area contributed by atoms with E-state index in [2.05, 4.69) is 16.0 Å². The molecule has 0 spiro atoms. The van der Waals surface area contributed by atoms with Crippen LogP contribution in [-0.2, 0) is 4.79 Å². The van der Waals surface area contributed by atoms with E-state index in [4.69, 9.17) is 29.2 Å². The molecule has 118 valence electrons. The molecule has 0 aliphatic carbocycles. The van der Waals surface area contributed by atoms with Gasteiger partial charge in [-0.05, 0) is 43.3 Å². The molecule has 5 nitrogen and oxygen atoms in total. The number of thiocarbonyl (C=S) groups is 2. The lowest BCUT2D eigenvalue weighted by atomic mass is 10.0. The molecule has 0 unspecified atom stereocenters. The van der Waals surface area contributed by atoms with Crippen LogP contribution in [0.4, 0.5) is 5.69 Å². The molecule has 1 aliphatic heterocycles. The van der Waals surface area contributed by atoms with Crippen LogP contribution in [0, 0.1) is 5.92 Å². The Hall–Kier alpha value is -1.73. The van der Waals surface area contributed by atoms with E-state index in [0.29, 0.717) is 21.4 Å². The van der Waals surface area contributed by atoms with Crippen LogP contribution in [0.1, 0.15) is 26.3 Å². The van der Waals surface area contributed by atoms with Crippen LogP contribution in [0.25, 0.3) is 0 Å². The van der Waals surface area contributed by atoms with Crippen LogP contribution in [0.15, 0.2) is 18.2 Å². The molecule has 0 fully saturated rings. The Morgan fingerprint density at radius 1 is 1.45 bits per heavy atom. The van der Waals surface area contributed by atoms with Gasteiger partial charge in [0.15, 0.2) is 5.11 Å². The van der Waals surface area contributed by atoms with E-state index in [1.54, 1.807) is 12.1 Å². The van der Waals surface area contributed by atoms with E-state index in [1.165, 1.54) is 0 Å². The molecular weight excluding hydrogens is 318 g/mol. The summed E-state index contributed by atoms with van der Waals surface area (Å²) in [5.41, 5.74) is 1.46. The van der Waals surface area contributed by atoms with Crippen LogP contribution < -0.4 is 20.7 Å². The molecule has 0 saturated carbocycles. The first kappa shape index (κ1) is 16.6. The Bertz CT molecular complexity index is 617. The van der Waals surface area contributed by atoms with Gasteiger partial charge in [0, 0.05) is 12.2 Å². The molecule has 0 bridgehead atoms. The van der Waals surface area contributed by atoms with Crippen molar-refractivity contribution in [2.24, 2.45) is 5.92 Å². The van der Waals surface area contributed by atoms with Crippen molar-refractivity contribution in [3.63, 3.8) is 0 Å². The minimum absolute atomic E-state index is 0.0821. The van der Waals surface area contributed by atoms with Crippen molar-refractivity contribution in [3.05, 3.63) is 23.8 Å². The lowest BCUT2D eigenvalue weighted by Gasteiger charge is -2.17. The molecule has 22 heavy (non-hydrogen) atoms. The summed E-state index contributed by atoms with van der Waals surface area (Å²) in [5.74, 6) is 0.226. The van der Waals surface area contributed by atoms with E-state index < -0.39 is 6.04 Å². The van der Waals surface area contributed by atoms with Crippen LogP contribution in [-0.4, -0.2) is 28.7 Å². The highest BCUT2D eigenvalue weighted by atomic mass is 32.1. The molecule has 0 radical (unpaired) electrons. The lowest BCUT2D eigenvalue weighted by molar-refractivity contribution is -0.137. The van der Waals surface area contributed by atoms with Crippen molar-refractivity contribution >= 4 is 46.2 Å². The number of esters is 1. The van der Waals surface area contributed by atoms with Gasteiger partial charge in [0.1, 0.15) is 16.8 Å². The van der Waals surface area contributed by atoms with E-state index in [-0.39, 0.29) is 11.9 Å². The maximum Gasteiger partial charge on any atom is 0.334 e. The summed E-state index contributed by atoms with van der Waals surface area (Å²) >= 11 is 10.6. The first-order chi connectivity index (χ1) is 10.4. The predicted molar refractivity (Wildman–Crippen MR) is 95.4 cm³/mol. The number of hydrogen-bond acceptors (Lipinski definition) is 4. The molecule has 7 heteroatoms. The number of ether oxygens (including phenoxy) is 1. The van der Waals surface area contributed by atoms with Crippen LogP contribution in [0.3, 0.4) is 0 Å². The molecule has 0 amide bonds. The van der Waals surface area contributed by atoms with Gasteiger partial charge >= 0.3 is 5.97 Å². The Labute approximate surface area is 140 Å². The second kappa shape index (κ2) is 7.02. The molecule has 1 atom stereocenters. The summed E-state index contributed by atoms with van der Waals surface area (Å²) in [5, 5.41) is 9.69. The van der Waals surface area contributed by atoms with Crippen molar-refractivity contribution < 1.29 is 9.53 Å². The zero-order valence-corrected chi connectivity index (χ0v) is 14.4. The standard InChI is InChI=1S/C15H19N3O2S2/c1-4-16-15(22)17-9-5-6-11-10(7-9)13(21)18-12(8(2)3)14(19)20-11/h5-8,12H,4H2,1-3H3,(H,18,21)(H2,16,17,22)/t12-/m0/s1. The Kier molecular flexibility index (Phi) is 5.31. The molecule has 1 heterocycles. The third kappa shape index (κ3) is 3.72. The average molecular weight is 337 g/mol. The fraction of sp³-hybridized carbons (Fsp3) is 0.400. The number of carbonyl (C=O) groups excluding carboxylic acids is 1. The number of carbonyl (C=O) groups is 1. The fourth-order valence-electron chi connectivity index (χ4n) is 2.10. The fourth-order valence-corrected chi connectivity index (χ4v) is 2.65. The van der Waals surface area contributed by atoms with Crippen LogP contribution >= 0.6 is 24.4 Å². The molecule has 0 saturated heterocycles. The first-order valence-electron chi connectivity index (χ1n) is 7.13. The van der Waals surface area contributed by atoms with Crippen molar-refractivity contribution in [3.8, 4) is 5.75 Å². The summed E-state index contributed by atoms with van der Waals surface area (Å²) < 4.78 is 5.44. The maximum absolute atomic E-state index is 12.1. The highest BCUT2D eigenvalue weighted by Crippen LogP contribution is 2.27. The van der Waals surface area contributed by atoms with E-state index in [9.17, 15) is 4.79 Å². The Morgan fingerprint density at radius 3 is 2.82 bits per heavy atom. The second-order valence-corrected chi connectivity index (χ2v) is 6.13. The first-order valence-corrected chi connectivity index (χ1v) is 7.95. The number of rotatable bonds is 3.